The molecule has 0 atom stereocenters. The van der Waals surface area contributed by atoms with Crippen molar-refractivity contribution in [2.45, 2.75) is 0 Å². The maximum Gasteiger partial charge on any atom is 0.179 e. The molecule has 0 spiro atoms. The number of aromatic nitrogens is 4. The van der Waals surface area contributed by atoms with Gasteiger partial charge in [-0.25, -0.2) is 4.39 Å². The number of halogens is 1. The molecule has 17 heavy (non-hydrogen) atoms. The molecule has 3 aromatic rings. The standard InChI is InChI=1S/C11H8FN5/c12-8-2-1-7(5-9(8)13)11-16-15-10-6-14-3-4-17(10)11/h1-6H,13H2. The van der Waals surface area contributed by atoms with E-state index in [1.54, 1.807) is 29.1 Å². The molecule has 2 heterocycles. The SMILES string of the molecule is Nc1cc(-c2nnc3cnccn23)ccc1F. The van der Waals surface area contributed by atoms with Gasteiger partial charge in [-0.3, -0.25) is 9.38 Å². The van der Waals surface area contributed by atoms with Gasteiger partial charge in [0.05, 0.1) is 11.9 Å². The summed E-state index contributed by atoms with van der Waals surface area (Å²) in [5.41, 5.74) is 6.96. The van der Waals surface area contributed by atoms with Gasteiger partial charge in [-0.2, -0.15) is 0 Å². The van der Waals surface area contributed by atoms with Gasteiger partial charge in [-0.15, -0.1) is 10.2 Å². The average molecular weight is 229 g/mol. The lowest BCUT2D eigenvalue weighted by molar-refractivity contribution is 0.632. The summed E-state index contributed by atoms with van der Waals surface area (Å²) in [7, 11) is 0. The van der Waals surface area contributed by atoms with Crippen LogP contribution >= 0.6 is 0 Å². The van der Waals surface area contributed by atoms with Crippen molar-refractivity contribution in [3.63, 3.8) is 0 Å². The van der Waals surface area contributed by atoms with E-state index in [4.69, 9.17) is 5.73 Å². The number of hydrogen-bond donors (Lipinski definition) is 1. The molecule has 84 valence electrons. The number of fused-ring (bicyclic) bond motifs is 1. The van der Waals surface area contributed by atoms with E-state index in [1.807, 2.05) is 0 Å². The maximum atomic E-state index is 13.1. The third kappa shape index (κ3) is 1.50. The van der Waals surface area contributed by atoms with Crippen molar-refractivity contribution in [2.75, 3.05) is 5.73 Å². The normalized spacial score (nSPS) is 10.9. The fraction of sp³-hybridized carbons (Fsp3) is 0. The summed E-state index contributed by atoms with van der Waals surface area (Å²) >= 11 is 0. The highest BCUT2D eigenvalue weighted by molar-refractivity contribution is 5.63. The number of nitrogens with two attached hydrogens (primary N) is 1. The van der Waals surface area contributed by atoms with E-state index in [0.29, 0.717) is 17.0 Å². The maximum absolute atomic E-state index is 13.1. The highest BCUT2D eigenvalue weighted by Gasteiger charge is 2.09. The Balaban J connectivity index is 2.24. The third-order valence-electron chi connectivity index (χ3n) is 2.47. The minimum Gasteiger partial charge on any atom is -0.396 e. The van der Waals surface area contributed by atoms with Crippen molar-refractivity contribution >= 4 is 11.3 Å². The number of nitrogens with zero attached hydrogens (tertiary/aromatic N) is 4. The van der Waals surface area contributed by atoms with Gasteiger partial charge in [0.2, 0.25) is 0 Å². The first-order valence-corrected chi connectivity index (χ1v) is 4.96. The zero-order valence-corrected chi connectivity index (χ0v) is 8.71. The fourth-order valence-corrected chi connectivity index (χ4v) is 1.63. The first-order valence-electron chi connectivity index (χ1n) is 4.96. The highest BCUT2D eigenvalue weighted by Crippen LogP contribution is 2.21. The number of hydrogen-bond acceptors (Lipinski definition) is 4. The Morgan fingerprint density at radius 3 is 2.94 bits per heavy atom. The molecule has 1 aromatic carbocycles. The van der Waals surface area contributed by atoms with E-state index >= 15 is 0 Å². The lowest BCUT2D eigenvalue weighted by atomic mass is 10.2. The summed E-state index contributed by atoms with van der Waals surface area (Å²) in [5.74, 6) is 0.165. The van der Waals surface area contributed by atoms with E-state index in [9.17, 15) is 4.39 Å². The Morgan fingerprint density at radius 2 is 2.12 bits per heavy atom. The second-order valence-electron chi connectivity index (χ2n) is 3.56. The molecule has 3 rings (SSSR count). The van der Waals surface area contributed by atoms with Gasteiger partial charge < -0.3 is 5.73 Å². The van der Waals surface area contributed by atoms with Gasteiger partial charge in [-0.1, -0.05) is 0 Å². The fourth-order valence-electron chi connectivity index (χ4n) is 1.63. The van der Waals surface area contributed by atoms with Gasteiger partial charge in [-0.05, 0) is 18.2 Å². The minimum atomic E-state index is -0.441. The van der Waals surface area contributed by atoms with Crippen LogP contribution in [0.1, 0.15) is 0 Å². The predicted molar refractivity (Wildman–Crippen MR) is 60.6 cm³/mol. The van der Waals surface area contributed by atoms with Crippen LogP contribution in [0.5, 0.6) is 0 Å². The van der Waals surface area contributed by atoms with Crippen LogP contribution < -0.4 is 5.73 Å². The summed E-state index contributed by atoms with van der Waals surface area (Å²) in [6.07, 6.45) is 4.97. The largest absolute Gasteiger partial charge is 0.396 e. The van der Waals surface area contributed by atoms with Crippen LogP contribution in [-0.2, 0) is 0 Å². The summed E-state index contributed by atoms with van der Waals surface area (Å²) in [6.45, 7) is 0. The van der Waals surface area contributed by atoms with Gasteiger partial charge in [0.1, 0.15) is 5.82 Å². The molecule has 2 aromatic heterocycles. The molecule has 0 radical (unpaired) electrons. The van der Waals surface area contributed by atoms with Crippen molar-refractivity contribution in [3.8, 4) is 11.4 Å². The van der Waals surface area contributed by atoms with Gasteiger partial charge >= 0.3 is 0 Å². The molecule has 0 amide bonds. The molecular formula is C11H8FN5. The second-order valence-corrected chi connectivity index (χ2v) is 3.56. The number of nitrogen functional groups attached to an aromatic ring is 1. The zero-order chi connectivity index (χ0) is 11.8. The smallest absolute Gasteiger partial charge is 0.179 e. The van der Waals surface area contributed by atoms with Crippen LogP contribution in [0.3, 0.4) is 0 Å². The van der Waals surface area contributed by atoms with Crippen LogP contribution in [0.2, 0.25) is 0 Å². The molecule has 0 saturated heterocycles. The molecule has 0 aliphatic heterocycles. The van der Waals surface area contributed by atoms with Crippen molar-refractivity contribution in [2.24, 2.45) is 0 Å². The van der Waals surface area contributed by atoms with Gasteiger partial charge in [0, 0.05) is 18.0 Å². The van der Waals surface area contributed by atoms with Crippen LogP contribution in [0, 0.1) is 5.82 Å². The van der Waals surface area contributed by atoms with Crippen LogP contribution in [0.25, 0.3) is 17.0 Å². The van der Waals surface area contributed by atoms with Crippen LogP contribution in [-0.4, -0.2) is 19.6 Å². The van der Waals surface area contributed by atoms with Crippen molar-refractivity contribution in [1.29, 1.82) is 0 Å². The molecule has 0 unspecified atom stereocenters. The van der Waals surface area contributed by atoms with Crippen LogP contribution in [0.4, 0.5) is 10.1 Å². The molecule has 6 heteroatoms. The van der Waals surface area contributed by atoms with Gasteiger partial charge in [0.15, 0.2) is 11.5 Å². The van der Waals surface area contributed by atoms with E-state index in [-0.39, 0.29) is 5.69 Å². The van der Waals surface area contributed by atoms with E-state index in [2.05, 4.69) is 15.2 Å². The lowest BCUT2D eigenvalue weighted by Gasteiger charge is -2.01. The summed E-state index contributed by atoms with van der Waals surface area (Å²) < 4.78 is 14.8. The summed E-state index contributed by atoms with van der Waals surface area (Å²) in [6, 6.07) is 4.46. The molecule has 2 N–H and O–H groups in total. The topological polar surface area (TPSA) is 69.1 Å². The Bertz CT molecular complexity index is 691. The lowest BCUT2D eigenvalue weighted by Crippen LogP contribution is -1.94. The molecule has 5 nitrogen and oxygen atoms in total. The molecule has 0 saturated carbocycles. The first kappa shape index (κ1) is 9.71. The van der Waals surface area contributed by atoms with Crippen molar-refractivity contribution in [1.82, 2.24) is 19.6 Å². The Morgan fingerprint density at radius 1 is 1.24 bits per heavy atom. The van der Waals surface area contributed by atoms with E-state index in [0.717, 1.165) is 0 Å². The van der Waals surface area contributed by atoms with Crippen molar-refractivity contribution in [3.05, 3.63) is 42.6 Å². The molecule has 0 aliphatic carbocycles. The quantitative estimate of drug-likeness (QED) is 0.642. The number of rotatable bonds is 1. The average Bonchev–Trinajstić information content (AvgIpc) is 2.76. The zero-order valence-electron chi connectivity index (χ0n) is 8.71. The highest BCUT2D eigenvalue weighted by atomic mass is 19.1. The van der Waals surface area contributed by atoms with E-state index in [1.165, 1.54) is 12.1 Å². The Hall–Kier alpha value is -2.50. The number of benzene rings is 1. The molecule has 0 fully saturated rings. The van der Waals surface area contributed by atoms with Gasteiger partial charge in [0.25, 0.3) is 0 Å². The number of anilines is 1. The van der Waals surface area contributed by atoms with Crippen molar-refractivity contribution < 1.29 is 4.39 Å². The second kappa shape index (κ2) is 3.51. The molecule has 0 bridgehead atoms. The molecular weight excluding hydrogens is 221 g/mol. The monoisotopic (exact) mass is 229 g/mol. The summed E-state index contributed by atoms with van der Waals surface area (Å²) in [4.78, 5) is 3.94. The first-order chi connectivity index (χ1) is 8.25. The van der Waals surface area contributed by atoms with Crippen LogP contribution in [0.15, 0.2) is 36.8 Å². The van der Waals surface area contributed by atoms with E-state index < -0.39 is 5.82 Å². The summed E-state index contributed by atoms with van der Waals surface area (Å²) in [5, 5.41) is 7.99. The predicted octanol–water partition coefficient (Wildman–Crippen LogP) is 1.51. The Kier molecular flexibility index (Phi) is 2.01. The minimum absolute atomic E-state index is 0.0910. The Labute approximate surface area is 95.7 Å². The molecule has 0 aliphatic rings. The third-order valence-corrected chi connectivity index (χ3v) is 2.47.